The second-order valence-electron chi connectivity index (χ2n) is 13.8. The van der Waals surface area contributed by atoms with Crippen LogP contribution in [0.4, 0.5) is 0 Å². The second kappa shape index (κ2) is 42.3. The van der Waals surface area contributed by atoms with Crippen LogP contribution in [0, 0.1) is 0 Å². The molecule has 0 rings (SSSR count). The van der Waals surface area contributed by atoms with Crippen molar-refractivity contribution in [3.8, 4) is 0 Å². The lowest BCUT2D eigenvalue weighted by atomic mass is 10.1. The zero-order valence-corrected chi connectivity index (χ0v) is 34.7. The van der Waals surface area contributed by atoms with E-state index in [1.165, 1.54) is 12.8 Å². The number of allylic oxidation sites excluding steroid dienone is 14. The van der Waals surface area contributed by atoms with E-state index in [1.807, 2.05) is 0 Å². The molecule has 54 heavy (non-hydrogen) atoms. The average Bonchev–Trinajstić information content (AvgIpc) is 3.17. The van der Waals surface area contributed by atoms with Crippen molar-refractivity contribution >= 4 is 17.9 Å². The standard InChI is InChI=1S/C48H78O6/c1-4-7-10-13-16-19-22-24-26-29-32-35-38-41-47(50)53-44-45(43-52-46(49)40-37-34-31-28-21-18-15-12-9-6-3)54-48(51)42-39-36-33-30-27-25-23-20-17-14-11-8-5-2/h7-8,10-12,15-17,19-20,24-27,45H,4-6,9,13-14,18,21-23,28-44H2,1-3H3/b10-7-,11-8-,15-12-,19-16-,20-17-,26-24-,27-25-. The third kappa shape index (κ3) is 39.8. The molecule has 0 aromatic carbocycles. The van der Waals surface area contributed by atoms with E-state index in [4.69, 9.17) is 14.2 Å². The molecule has 306 valence electrons. The molecule has 0 aromatic heterocycles. The van der Waals surface area contributed by atoms with E-state index in [0.29, 0.717) is 12.8 Å². The summed E-state index contributed by atoms with van der Waals surface area (Å²) in [4.78, 5) is 37.6. The fourth-order valence-electron chi connectivity index (χ4n) is 5.41. The molecular weight excluding hydrogens is 673 g/mol. The molecule has 6 heteroatoms. The molecule has 0 bridgehead atoms. The van der Waals surface area contributed by atoms with Gasteiger partial charge in [-0.15, -0.1) is 0 Å². The average molecular weight is 751 g/mol. The highest BCUT2D eigenvalue weighted by Crippen LogP contribution is 2.11. The Labute approximate surface area is 331 Å². The van der Waals surface area contributed by atoms with E-state index in [-0.39, 0.29) is 37.5 Å². The highest BCUT2D eigenvalue weighted by molar-refractivity contribution is 5.71. The maximum absolute atomic E-state index is 12.7. The summed E-state index contributed by atoms with van der Waals surface area (Å²) in [6.07, 6.45) is 52.8. The van der Waals surface area contributed by atoms with E-state index in [2.05, 4.69) is 106 Å². The van der Waals surface area contributed by atoms with Gasteiger partial charge in [-0.3, -0.25) is 14.4 Å². The summed E-state index contributed by atoms with van der Waals surface area (Å²) in [5.41, 5.74) is 0. The van der Waals surface area contributed by atoms with Crippen molar-refractivity contribution in [2.24, 2.45) is 0 Å². The fraction of sp³-hybridized carbons (Fsp3) is 0.646. The van der Waals surface area contributed by atoms with Gasteiger partial charge in [0.1, 0.15) is 13.2 Å². The van der Waals surface area contributed by atoms with Crippen molar-refractivity contribution in [2.45, 2.75) is 187 Å². The van der Waals surface area contributed by atoms with Crippen LogP contribution in [0.3, 0.4) is 0 Å². The molecule has 0 N–H and O–H groups in total. The number of esters is 3. The first-order chi connectivity index (χ1) is 26.5. The lowest BCUT2D eigenvalue weighted by Crippen LogP contribution is -2.30. The van der Waals surface area contributed by atoms with Gasteiger partial charge in [0.15, 0.2) is 6.10 Å². The molecule has 1 unspecified atom stereocenters. The topological polar surface area (TPSA) is 78.9 Å². The second-order valence-corrected chi connectivity index (χ2v) is 13.8. The summed E-state index contributed by atoms with van der Waals surface area (Å²) in [5.74, 6) is -0.986. The first-order valence-electron chi connectivity index (χ1n) is 21.6. The summed E-state index contributed by atoms with van der Waals surface area (Å²) < 4.78 is 16.6. The normalized spacial score (nSPS) is 12.9. The monoisotopic (exact) mass is 751 g/mol. The van der Waals surface area contributed by atoms with Crippen LogP contribution < -0.4 is 0 Å². The van der Waals surface area contributed by atoms with Crippen LogP contribution in [0.5, 0.6) is 0 Å². The summed E-state index contributed by atoms with van der Waals surface area (Å²) in [6.45, 7) is 6.25. The van der Waals surface area contributed by atoms with Gasteiger partial charge >= 0.3 is 17.9 Å². The zero-order valence-electron chi connectivity index (χ0n) is 34.7. The Kier molecular flexibility index (Phi) is 39.7. The van der Waals surface area contributed by atoms with Gasteiger partial charge in [-0.1, -0.05) is 144 Å². The number of carbonyl (C=O) groups excluding carboxylic acids is 3. The maximum Gasteiger partial charge on any atom is 0.306 e. The molecule has 0 saturated carbocycles. The van der Waals surface area contributed by atoms with E-state index in [0.717, 1.165) is 128 Å². The predicted molar refractivity (Wildman–Crippen MR) is 228 cm³/mol. The smallest absolute Gasteiger partial charge is 0.306 e. The Morgan fingerprint density at radius 3 is 1.17 bits per heavy atom. The molecular formula is C48H78O6. The predicted octanol–water partition coefficient (Wildman–Crippen LogP) is 13.7. The van der Waals surface area contributed by atoms with Crippen molar-refractivity contribution in [3.05, 3.63) is 85.1 Å². The molecule has 0 heterocycles. The van der Waals surface area contributed by atoms with Gasteiger partial charge in [0.2, 0.25) is 0 Å². The van der Waals surface area contributed by atoms with Gasteiger partial charge < -0.3 is 14.2 Å². The van der Waals surface area contributed by atoms with Gasteiger partial charge in [0, 0.05) is 19.3 Å². The summed E-state index contributed by atoms with van der Waals surface area (Å²) in [5, 5.41) is 0. The highest BCUT2D eigenvalue weighted by Gasteiger charge is 2.19. The Balaban J connectivity index is 4.50. The maximum atomic E-state index is 12.7. The number of hydrogen-bond donors (Lipinski definition) is 0. The highest BCUT2D eigenvalue weighted by atomic mass is 16.6. The quantitative estimate of drug-likeness (QED) is 0.0272. The van der Waals surface area contributed by atoms with E-state index >= 15 is 0 Å². The van der Waals surface area contributed by atoms with Gasteiger partial charge in [-0.2, -0.15) is 0 Å². The van der Waals surface area contributed by atoms with Gasteiger partial charge in [0.25, 0.3) is 0 Å². The van der Waals surface area contributed by atoms with Crippen LogP contribution in [0.2, 0.25) is 0 Å². The van der Waals surface area contributed by atoms with E-state index in [9.17, 15) is 14.4 Å². The van der Waals surface area contributed by atoms with Crippen molar-refractivity contribution in [1.29, 1.82) is 0 Å². The summed E-state index contributed by atoms with van der Waals surface area (Å²) in [7, 11) is 0. The zero-order chi connectivity index (χ0) is 39.4. The minimum Gasteiger partial charge on any atom is -0.462 e. The van der Waals surface area contributed by atoms with E-state index in [1.54, 1.807) is 0 Å². The Hall–Kier alpha value is -3.41. The number of unbranched alkanes of at least 4 members (excludes halogenated alkanes) is 12. The molecule has 0 aliphatic heterocycles. The largest absolute Gasteiger partial charge is 0.462 e. The first kappa shape index (κ1) is 50.6. The van der Waals surface area contributed by atoms with Crippen LogP contribution in [-0.2, 0) is 28.6 Å². The minimum atomic E-state index is -0.804. The number of carbonyl (C=O) groups is 3. The van der Waals surface area contributed by atoms with Crippen molar-refractivity contribution in [2.75, 3.05) is 13.2 Å². The third-order valence-electron chi connectivity index (χ3n) is 8.60. The molecule has 1 atom stereocenters. The number of hydrogen-bond acceptors (Lipinski definition) is 6. The molecule has 0 fully saturated rings. The molecule has 6 nitrogen and oxygen atoms in total. The Morgan fingerprint density at radius 1 is 0.389 bits per heavy atom. The lowest BCUT2D eigenvalue weighted by Gasteiger charge is -2.18. The van der Waals surface area contributed by atoms with Gasteiger partial charge in [-0.25, -0.2) is 0 Å². The van der Waals surface area contributed by atoms with Crippen LogP contribution in [-0.4, -0.2) is 37.2 Å². The van der Waals surface area contributed by atoms with Crippen molar-refractivity contribution in [3.63, 3.8) is 0 Å². The molecule has 0 aliphatic carbocycles. The van der Waals surface area contributed by atoms with Crippen LogP contribution in [0.15, 0.2) is 85.1 Å². The fourth-order valence-corrected chi connectivity index (χ4v) is 5.41. The number of rotatable bonds is 37. The Bertz CT molecular complexity index is 1090. The van der Waals surface area contributed by atoms with Crippen molar-refractivity contribution < 1.29 is 28.6 Å². The minimum absolute atomic E-state index is 0.104. The summed E-state index contributed by atoms with van der Waals surface area (Å²) in [6, 6.07) is 0. The molecule has 0 aromatic rings. The van der Waals surface area contributed by atoms with Gasteiger partial charge in [-0.05, 0) is 103 Å². The summed E-state index contributed by atoms with van der Waals surface area (Å²) >= 11 is 0. The van der Waals surface area contributed by atoms with Gasteiger partial charge in [0.05, 0.1) is 0 Å². The third-order valence-corrected chi connectivity index (χ3v) is 8.60. The van der Waals surface area contributed by atoms with E-state index < -0.39 is 6.10 Å². The molecule has 0 amide bonds. The molecule has 0 radical (unpaired) electrons. The SMILES string of the molecule is CC/C=C\C/C=C\C/C=C\CCCCCC(=O)OCC(COC(=O)CCCCCCC/C=C\CCC)OC(=O)CCCCC/C=C\C/C=C\C/C=C\CC. The first-order valence-corrected chi connectivity index (χ1v) is 21.6. The lowest BCUT2D eigenvalue weighted by molar-refractivity contribution is -0.167. The molecule has 0 saturated heterocycles. The van der Waals surface area contributed by atoms with Crippen LogP contribution in [0.25, 0.3) is 0 Å². The van der Waals surface area contributed by atoms with Crippen molar-refractivity contribution in [1.82, 2.24) is 0 Å². The molecule has 0 spiro atoms. The molecule has 0 aliphatic rings. The van der Waals surface area contributed by atoms with Crippen LogP contribution >= 0.6 is 0 Å². The Morgan fingerprint density at radius 2 is 0.722 bits per heavy atom. The van der Waals surface area contributed by atoms with Crippen LogP contribution in [0.1, 0.15) is 181 Å². The number of ether oxygens (including phenoxy) is 3.